The van der Waals surface area contributed by atoms with E-state index < -0.39 is 111 Å². The van der Waals surface area contributed by atoms with E-state index in [9.17, 15) is 53.3 Å². The summed E-state index contributed by atoms with van der Waals surface area (Å²) in [5.41, 5.74) is 0. The van der Waals surface area contributed by atoms with Crippen molar-refractivity contribution < 1.29 is 108 Å². The minimum absolute atomic E-state index is 0.0257. The average molecular weight is 1010 g/mol. The number of phosphoric acid groups is 3. The number of carbonyl (C=O) groups excluding carboxylic acids is 4. The molecule has 3 rings (SSSR count). The summed E-state index contributed by atoms with van der Waals surface area (Å²) in [4.78, 5) is 45.4. The Morgan fingerprint density at radius 1 is 0.475 bits per heavy atom. The molecule has 0 aromatic carbocycles. The summed E-state index contributed by atoms with van der Waals surface area (Å²) in [6, 6.07) is 0. The van der Waals surface area contributed by atoms with Gasteiger partial charge in [0.05, 0.1) is 66.1 Å². The summed E-state index contributed by atoms with van der Waals surface area (Å²) in [7, 11) is -13.6. The molecule has 30 heteroatoms. The lowest BCUT2D eigenvalue weighted by molar-refractivity contribution is -0.109. The molecule has 9 unspecified atom stereocenters. The molecule has 0 aromatic rings. The van der Waals surface area contributed by atoms with Crippen molar-refractivity contribution in [3.8, 4) is 0 Å². The van der Waals surface area contributed by atoms with E-state index in [2.05, 4.69) is 0 Å². The Morgan fingerprint density at radius 2 is 0.770 bits per heavy atom. The lowest BCUT2D eigenvalue weighted by Crippen LogP contribution is -2.36. The minimum Gasteiger partial charge on any atom is -0.388 e. The number of phosphoric ester groups is 3. The van der Waals surface area contributed by atoms with E-state index in [1.54, 1.807) is 0 Å². The van der Waals surface area contributed by atoms with E-state index in [4.69, 9.17) is 54.9 Å². The van der Waals surface area contributed by atoms with Gasteiger partial charge in [-0.25, -0.2) is 13.7 Å². The second-order valence-corrected chi connectivity index (χ2v) is 22.9. The number of aliphatic hydroxyl groups is 4. The fraction of sp³-hybridized carbons (Fsp3) is 0.871. The number of aliphatic hydroxyl groups excluding tert-OH is 4. The minimum atomic E-state index is -4.69. The first-order valence-corrected chi connectivity index (χ1v) is 26.9. The third-order valence-electron chi connectivity index (χ3n) is 8.00. The van der Waals surface area contributed by atoms with E-state index in [-0.39, 0.29) is 76.5 Å². The molecule has 0 amide bonds. The van der Waals surface area contributed by atoms with Crippen molar-refractivity contribution >= 4 is 91.0 Å². The van der Waals surface area contributed by atoms with Gasteiger partial charge in [-0.2, -0.15) is 0 Å². The summed E-state index contributed by atoms with van der Waals surface area (Å²) in [5.74, 6) is 0.350. The van der Waals surface area contributed by atoms with Crippen molar-refractivity contribution in [3.63, 3.8) is 0 Å². The molecule has 3 saturated heterocycles. The Balaban J connectivity index is 1.63. The Labute approximate surface area is 369 Å². The van der Waals surface area contributed by atoms with E-state index in [0.29, 0.717) is 0 Å². The third kappa shape index (κ3) is 20.7. The van der Waals surface area contributed by atoms with Gasteiger partial charge in [-0.15, -0.1) is 0 Å². The summed E-state index contributed by atoms with van der Waals surface area (Å²) in [5, 5.41) is 41.1. The molecule has 0 aromatic heterocycles. The normalized spacial score (nSPS) is 28.8. The molecule has 354 valence electrons. The Morgan fingerprint density at radius 3 is 1.08 bits per heavy atom. The van der Waals surface area contributed by atoms with Crippen LogP contribution in [0.25, 0.3) is 0 Å². The zero-order chi connectivity index (χ0) is 45.2. The molecule has 0 saturated carbocycles. The predicted octanol–water partition coefficient (Wildman–Crippen LogP) is 1.96. The molecule has 4 N–H and O–H groups in total. The Bertz CT molecular complexity index is 1540. The SMILES string of the molecule is CC(=O)SCCOP(=O)(OCCSC(C)=O)OCC1OCC(O[P@@](=O)(OCCSC(C)=O)OCC2OCC(O[P@@](=O)(OCCSC(C)=O)OCC3OCC(O)C3O)C2O)C1O. The van der Waals surface area contributed by atoms with E-state index in [1.165, 1.54) is 27.7 Å². The summed E-state index contributed by atoms with van der Waals surface area (Å²) >= 11 is 3.56. The predicted molar refractivity (Wildman–Crippen MR) is 220 cm³/mol. The second-order valence-electron chi connectivity index (χ2n) is 12.9. The van der Waals surface area contributed by atoms with Crippen LogP contribution >= 0.6 is 70.5 Å². The number of hydrogen-bond acceptors (Lipinski definition) is 27. The molecule has 0 bridgehead atoms. The van der Waals surface area contributed by atoms with Crippen LogP contribution in [0.3, 0.4) is 0 Å². The Kier molecular flexibility index (Phi) is 25.2. The topological polar surface area (TPSA) is 311 Å². The molecular weight excluding hydrogens is 962 g/mol. The Hall–Kier alpha value is 0.130. The first-order chi connectivity index (χ1) is 28.7. The van der Waals surface area contributed by atoms with Crippen molar-refractivity contribution in [3.05, 3.63) is 0 Å². The standard InChI is InChI=1S/C31H53O23P3S4/c1-19(32)58-9-5-46-55(40,47-6-10-59-20(2)33)50-17-25-30(38)27(14-44-25)54-57(42,49-8-12-61-22(4)35)52-18-26-31(39)28(15-45-26)53-56(41,48-7-11-60-21(3)34)51-16-24-29(37)23(36)13-43-24/h23-31,36-39H,5-18H2,1-4H3/t23?,24?,25?,26?,27?,28?,29?,30?,31?,56-,57-/m0/s1. The van der Waals surface area contributed by atoms with Gasteiger partial charge >= 0.3 is 23.5 Å². The van der Waals surface area contributed by atoms with Crippen LogP contribution in [0.15, 0.2) is 0 Å². The summed E-state index contributed by atoms with van der Waals surface area (Å²) in [6.07, 6.45) is -12.2. The molecule has 0 radical (unpaired) electrons. The molecule has 3 aliphatic rings. The van der Waals surface area contributed by atoms with E-state index in [1.807, 2.05) is 0 Å². The fourth-order valence-corrected chi connectivity index (χ4v) is 11.3. The van der Waals surface area contributed by atoms with Gasteiger partial charge < -0.3 is 34.6 Å². The summed E-state index contributed by atoms with van der Waals surface area (Å²) < 4.78 is 106. The van der Waals surface area contributed by atoms with Crippen LogP contribution in [0.4, 0.5) is 0 Å². The van der Waals surface area contributed by atoms with Crippen LogP contribution in [0.2, 0.25) is 0 Å². The molecule has 61 heavy (non-hydrogen) atoms. The van der Waals surface area contributed by atoms with Crippen LogP contribution in [-0.2, 0) is 87.8 Å². The number of hydrogen-bond donors (Lipinski definition) is 4. The maximum absolute atomic E-state index is 14.0. The lowest BCUT2D eigenvalue weighted by atomic mass is 10.2. The van der Waals surface area contributed by atoms with E-state index >= 15 is 0 Å². The van der Waals surface area contributed by atoms with Crippen LogP contribution in [0.5, 0.6) is 0 Å². The second kappa shape index (κ2) is 27.7. The zero-order valence-electron chi connectivity index (χ0n) is 33.6. The van der Waals surface area contributed by atoms with Crippen LogP contribution < -0.4 is 0 Å². The third-order valence-corrected chi connectivity index (χ3v) is 15.6. The fourth-order valence-electron chi connectivity index (χ4n) is 5.07. The van der Waals surface area contributed by atoms with Gasteiger partial charge in [0.1, 0.15) is 54.9 Å². The lowest BCUT2D eigenvalue weighted by Gasteiger charge is -2.26. The van der Waals surface area contributed by atoms with Crippen LogP contribution in [0.1, 0.15) is 27.7 Å². The van der Waals surface area contributed by atoms with Crippen LogP contribution in [0, 0.1) is 0 Å². The van der Waals surface area contributed by atoms with Gasteiger partial charge in [0, 0.05) is 50.7 Å². The number of carbonyl (C=O) groups is 4. The highest BCUT2D eigenvalue weighted by atomic mass is 32.2. The van der Waals surface area contributed by atoms with Crippen LogP contribution in [-0.4, -0.2) is 185 Å². The maximum atomic E-state index is 14.0. The number of thioether (sulfide) groups is 4. The van der Waals surface area contributed by atoms with Gasteiger partial charge in [0.2, 0.25) is 0 Å². The first kappa shape index (κ1) is 55.5. The van der Waals surface area contributed by atoms with Crippen molar-refractivity contribution in [1.82, 2.24) is 0 Å². The average Bonchev–Trinajstić information content (AvgIpc) is 3.83. The highest BCUT2D eigenvalue weighted by Crippen LogP contribution is 2.55. The van der Waals surface area contributed by atoms with Crippen molar-refractivity contribution in [2.24, 2.45) is 0 Å². The smallest absolute Gasteiger partial charge is 0.388 e. The van der Waals surface area contributed by atoms with Crippen molar-refractivity contribution in [1.29, 1.82) is 0 Å². The van der Waals surface area contributed by atoms with Gasteiger partial charge in [0.25, 0.3) is 0 Å². The highest BCUT2D eigenvalue weighted by molar-refractivity contribution is 8.14. The number of ether oxygens (including phenoxy) is 3. The number of rotatable bonds is 29. The summed E-state index contributed by atoms with van der Waals surface area (Å²) in [6.45, 7) is 1.47. The monoisotopic (exact) mass is 1010 g/mol. The molecule has 3 aliphatic heterocycles. The molecule has 11 atom stereocenters. The maximum Gasteiger partial charge on any atom is 0.475 e. The highest BCUT2D eigenvalue weighted by Gasteiger charge is 2.47. The molecule has 3 fully saturated rings. The van der Waals surface area contributed by atoms with E-state index in [0.717, 1.165) is 47.0 Å². The quantitative estimate of drug-likeness (QED) is 0.0615. The zero-order valence-corrected chi connectivity index (χ0v) is 39.6. The molecule has 0 spiro atoms. The van der Waals surface area contributed by atoms with Gasteiger partial charge in [-0.1, -0.05) is 47.0 Å². The molecular formula is C31H53O23P3S4. The van der Waals surface area contributed by atoms with Crippen molar-refractivity contribution in [2.75, 3.05) is 89.1 Å². The molecule has 3 heterocycles. The van der Waals surface area contributed by atoms with Crippen molar-refractivity contribution in [2.45, 2.75) is 82.6 Å². The molecule has 0 aliphatic carbocycles. The van der Waals surface area contributed by atoms with Gasteiger partial charge in [-0.3, -0.25) is 59.9 Å². The largest absolute Gasteiger partial charge is 0.475 e. The molecule has 23 nitrogen and oxygen atoms in total. The first-order valence-electron chi connectivity index (χ1n) is 18.5. The van der Waals surface area contributed by atoms with Gasteiger partial charge in [-0.05, 0) is 0 Å². The van der Waals surface area contributed by atoms with Gasteiger partial charge in [0.15, 0.2) is 20.5 Å².